The second kappa shape index (κ2) is 3.38. The Labute approximate surface area is 93.2 Å². The van der Waals surface area contributed by atoms with Crippen molar-refractivity contribution in [2.24, 2.45) is 17.3 Å². The summed E-state index contributed by atoms with van der Waals surface area (Å²) in [5.74, 6) is -1.77. The molecule has 0 aromatic carbocycles. The van der Waals surface area contributed by atoms with E-state index >= 15 is 0 Å². The topological polar surface area (TPSA) is 83.5 Å². The van der Waals surface area contributed by atoms with Gasteiger partial charge in [-0.25, -0.2) is 0 Å². The minimum atomic E-state index is -1.07. The molecule has 2 fully saturated rings. The van der Waals surface area contributed by atoms with E-state index < -0.39 is 17.4 Å². The molecule has 3 atom stereocenters. The minimum Gasteiger partial charge on any atom is -0.480 e. The molecule has 1 saturated carbocycles. The molecule has 0 unspecified atom stereocenters. The van der Waals surface area contributed by atoms with Crippen molar-refractivity contribution in [3.63, 3.8) is 0 Å². The summed E-state index contributed by atoms with van der Waals surface area (Å²) in [6, 6.07) is -0.773. The molecule has 1 aliphatic carbocycles. The predicted molar refractivity (Wildman–Crippen MR) is 54.8 cm³/mol. The van der Waals surface area contributed by atoms with Crippen molar-refractivity contribution in [3.8, 4) is 0 Å². The molecule has 0 aromatic heterocycles. The molecule has 16 heavy (non-hydrogen) atoms. The number of hydrogen-bond donors (Lipinski definition) is 2. The van der Waals surface area contributed by atoms with Crippen LogP contribution in [-0.2, 0) is 14.4 Å². The highest BCUT2D eigenvalue weighted by Crippen LogP contribution is 2.44. The Morgan fingerprint density at radius 1 is 1.31 bits per heavy atom. The predicted octanol–water partition coefficient (Wildman–Crippen LogP) is -0.157. The van der Waals surface area contributed by atoms with Crippen LogP contribution in [0, 0.1) is 17.3 Å². The second-order valence-electron chi connectivity index (χ2n) is 4.86. The first-order chi connectivity index (χ1) is 7.40. The van der Waals surface area contributed by atoms with Crippen molar-refractivity contribution < 1.29 is 19.5 Å². The summed E-state index contributed by atoms with van der Waals surface area (Å²) in [6.07, 6.45) is 0.106. The average molecular weight is 225 g/mol. The number of carbonyl (C=O) groups is 3. The van der Waals surface area contributed by atoms with E-state index in [4.69, 9.17) is 5.11 Å². The first-order valence-corrected chi connectivity index (χ1v) is 5.45. The van der Waals surface area contributed by atoms with Crippen LogP contribution in [0.15, 0.2) is 0 Å². The van der Waals surface area contributed by atoms with E-state index in [0.29, 0.717) is 0 Å². The van der Waals surface area contributed by atoms with Crippen LogP contribution in [0.5, 0.6) is 0 Å². The fourth-order valence-corrected chi connectivity index (χ4v) is 2.79. The van der Waals surface area contributed by atoms with Gasteiger partial charge in [0, 0.05) is 18.4 Å². The fourth-order valence-electron chi connectivity index (χ4n) is 2.79. The molecule has 0 bridgehead atoms. The largest absolute Gasteiger partial charge is 0.480 e. The second-order valence-corrected chi connectivity index (χ2v) is 4.86. The van der Waals surface area contributed by atoms with E-state index in [9.17, 15) is 14.4 Å². The zero-order valence-electron chi connectivity index (χ0n) is 9.32. The minimum absolute atomic E-state index is 0.0961. The molecule has 88 valence electrons. The third-order valence-corrected chi connectivity index (χ3v) is 4.02. The number of hydrogen-bond acceptors (Lipinski definition) is 4. The van der Waals surface area contributed by atoms with E-state index in [1.54, 1.807) is 13.8 Å². The molecule has 0 radical (unpaired) electrons. The lowest BCUT2D eigenvalue weighted by atomic mass is 9.80. The van der Waals surface area contributed by atoms with Gasteiger partial charge in [0.1, 0.15) is 11.5 Å². The van der Waals surface area contributed by atoms with Gasteiger partial charge < -0.3 is 10.4 Å². The monoisotopic (exact) mass is 225 g/mol. The molecule has 0 aromatic rings. The highest BCUT2D eigenvalue weighted by Gasteiger charge is 2.60. The number of rotatable bonds is 1. The Morgan fingerprint density at radius 3 is 2.19 bits per heavy atom. The van der Waals surface area contributed by atoms with Crippen molar-refractivity contribution in [1.82, 2.24) is 5.32 Å². The third-order valence-electron chi connectivity index (χ3n) is 4.02. The van der Waals surface area contributed by atoms with Crippen LogP contribution in [0.4, 0.5) is 0 Å². The van der Waals surface area contributed by atoms with Gasteiger partial charge >= 0.3 is 5.97 Å². The maximum atomic E-state index is 12.1. The van der Waals surface area contributed by atoms with Gasteiger partial charge in [-0.1, -0.05) is 13.8 Å². The summed E-state index contributed by atoms with van der Waals surface area (Å²) in [5.41, 5.74) is -1.07. The Morgan fingerprint density at radius 2 is 1.81 bits per heavy atom. The van der Waals surface area contributed by atoms with Crippen molar-refractivity contribution in [1.29, 1.82) is 0 Å². The van der Waals surface area contributed by atoms with Crippen LogP contribution in [0.3, 0.4) is 0 Å². The van der Waals surface area contributed by atoms with Crippen LogP contribution in [0.2, 0.25) is 0 Å². The smallest absolute Gasteiger partial charge is 0.320 e. The number of carboxylic acid groups (broad SMARTS) is 1. The molecule has 5 heteroatoms. The molecule has 2 N–H and O–H groups in total. The van der Waals surface area contributed by atoms with E-state index in [1.807, 2.05) is 0 Å². The zero-order valence-corrected chi connectivity index (χ0v) is 9.32. The van der Waals surface area contributed by atoms with Gasteiger partial charge in [0.25, 0.3) is 0 Å². The van der Waals surface area contributed by atoms with Crippen molar-refractivity contribution in [3.05, 3.63) is 0 Å². The van der Waals surface area contributed by atoms with E-state index in [0.717, 1.165) is 0 Å². The number of ketones is 2. The van der Waals surface area contributed by atoms with Crippen molar-refractivity contribution in [2.45, 2.75) is 26.3 Å². The fraction of sp³-hybridized carbons (Fsp3) is 0.727. The zero-order chi connectivity index (χ0) is 12.1. The van der Waals surface area contributed by atoms with E-state index in [-0.39, 0.29) is 36.4 Å². The first-order valence-electron chi connectivity index (χ1n) is 5.45. The van der Waals surface area contributed by atoms with E-state index in [1.165, 1.54) is 0 Å². The summed E-state index contributed by atoms with van der Waals surface area (Å²) in [4.78, 5) is 35.0. The average Bonchev–Trinajstić information content (AvgIpc) is 2.75. The molecule has 2 rings (SSSR count). The molecule has 1 aliphatic heterocycles. The molecule has 1 spiro atoms. The van der Waals surface area contributed by atoms with Gasteiger partial charge in [-0.05, 0) is 6.42 Å². The molecule has 2 aliphatic rings. The Balaban J connectivity index is 2.31. The van der Waals surface area contributed by atoms with Gasteiger partial charge in [0.2, 0.25) is 0 Å². The van der Waals surface area contributed by atoms with E-state index in [2.05, 4.69) is 5.32 Å². The standard InChI is InChI=1S/C11H15NO4/c1-5-6(2)9(14)11(8(5)13)3-7(10(15)16)12-4-11/h5-7,12H,3-4H2,1-2H3,(H,15,16)/t5-,6-,7-/m1/s1. The third kappa shape index (κ3) is 1.24. The number of carboxylic acids is 1. The van der Waals surface area contributed by atoms with Crippen LogP contribution in [-0.4, -0.2) is 35.2 Å². The molecule has 0 amide bonds. The van der Waals surface area contributed by atoms with Gasteiger partial charge in [-0.15, -0.1) is 0 Å². The van der Waals surface area contributed by atoms with Crippen LogP contribution in [0.25, 0.3) is 0 Å². The molecule has 1 saturated heterocycles. The highest BCUT2D eigenvalue weighted by atomic mass is 16.4. The van der Waals surface area contributed by atoms with Gasteiger partial charge in [0.15, 0.2) is 11.6 Å². The highest BCUT2D eigenvalue weighted by molar-refractivity contribution is 6.16. The SMILES string of the molecule is C[C@H]1C(=O)C2(CN[C@@H](C(=O)O)C2)C(=O)[C@@H]1C. The lowest BCUT2D eigenvalue weighted by molar-refractivity contribution is -0.139. The normalized spacial score (nSPS) is 37.2. The summed E-state index contributed by atoms with van der Waals surface area (Å²) < 4.78 is 0. The number of Topliss-reactive ketones (excluding diaryl/α,β-unsaturated/α-hetero) is 2. The van der Waals surface area contributed by atoms with Gasteiger partial charge in [-0.2, -0.15) is 0 Å². The van der Waals surface area contributed by atoms with Crippen LogP contribution >= 0.6 is 0 Å². The van der Waals surface area contributed by atoms with Crippen molar-refractivity contribution in [2.75, 3.05) is 6.54 Å². The molecule has 5 nitrogen and oxygen atoms in total. The number of nitrogens with one attached hydrogen (secondary N) is 1. The maximum Gasteiger partial charge on any atom is 0.320 e. The summed E-state index contributed by atoms with van der Waals surface area (Å²) >= 11 is 0. The lowest BCUT2D eigenvalue weighted by Crippen LogP contribution is -2.36. The van der Waals surface area contributed by atoms with Crippen LogP contribution in [0.1, 0.15) is 20.3 Å². The van der Waals surface area contributed by atoms with Gasteiger partial charge in [0.05, 0.1) is 0 Å². The Bertz CT molecular complexity index is 356. The quantitative estimate of drug-likeness (QED) is 0.606. The van der Waals surface area contributed by atoms with Crippen LogP contribution < -0.4 is 5.32 Å². The number of aliphatic carboxylic acids is 1. The lowest BCUT2D eigenvalue weighted by Gasteiger charge is -2.18. The maximum absolute atomic E-state index is 12.1. The molecular weight excluding hydrogens is 210 g/mol. The van der Waals surface area contributed by atoms with Gasteiger partial charge in [-0.3, -0.25) is 14.4 Å². The molecule has 1 heterocycles. The number of carbonyl (C=O) groups excluding carboxylic acids is 2. The summed E-state index contributed by atoms with van der Waals surface area (Å²) in [7, 11) is 0. The Hall–Kier alpha value is -1.23. The summed E-state index contributed by atoms with van der Waals surface area (Å²) in [5, 5.41) is 11.6. The molecular formula is C11H15NO4. The summed E-state index contributed by atoms with van der Waals surface area (Å²) in [6.45, 7) is 3.66. The first kappa shape index (κ1) is 11.3. The van der Waals surface area contributed by atoms with Crippen molar-refractivity contribution >= 4 is 17.5 Å². The Kier molecular flexibility index (Phi) is 2.38.